The van der Waals surface area contributed by atoms with Gasteiger partial charge in [-0.25, -0.2) is 0 Å². The lowest BCUT2D eigenvalue weighted by Crippen LogP contribution is -2.37. The summed E-state index contributed by atoms with van der Waals surface area (Å²) < 4.78 is 11.2. The number of H-pyrrole nitrogens is 1. The number of hydrogen-bond donors (Lipinski definition) is 1. The number of hydrogen-bond acceptors (Lipinski definition) is 5. The molecule has 0 fully saturated rings. The number of esters is 1. The van der Waals surface area contributed by atoms with Crippen molar-refractivity contribution in [3.63, 3.8) is 0 Å². The molecule has 2 aromatic carbocycles. The number of aromatic nitrogens is 2. The van der Waals surface area contributed by atoms with Gasteiger partial charge in [-0.1, -0.05) is 24.6 Å². The summed E-state index contributed by atoms with van der Waals surface area (Å²) in [6.07, 6.45) is 0.932. The summed E-state index contributed by atoms with van der Waals surface area (Å²) >= 11 is 6.21. The highest BCUT2D eigenvalue weighted by atomic mass is 35.5. The standard InChI is InChI=1S/C22H20ClN3O3/c1-3-12-4-6-17-19(8-12)29-22(25-17)26-10-15(21(27)28-2)20-14-9-13(23)5-7-16(14)24-18(20)11-26/h4-9,15,24H,3,10-11H2,1-2H3. The Kier molecular flexibility index (Phi) is 4.24. The molecule has 5 rings (SSSR count). The molecule has 4 aromatic rings. The molecule has 1 N–H and O–H groups in total. The molecular weight excluding hydrogens is 390 g/mol. The number of oxazole rings is 1. The van der Waals surface area contributed by atoms with E-state index in [-0.39, 0.29) is 5.97 Å². The topological polar surface area (TPSA) is 71.4 Å². The number of methoxy groups -OCH3 is 1. The van der Waals surface area contributed by atoms with Crippen molar-refractivity contribution in [2.45, 2.75) is 25.8 Å². The molecule has 7 heteroatoms. The zero-order valence-electron chi connectivity index (χ0n) is 16.2. The van der Waals surface area contributed by atoms with Crippen LogP contribution in [0.3, 0.4) is 0 Å². The fourth-order valence-electron chi connectivity index (χ4n) is 4.12. The highest BCUT2D eigenvalue weighted by Crippen LogP contribution is 2.38. The molecule has 0 aliphatic carbocycles. The number of nitrogens with one attached hydrogen (secondary N) is 1. The van der Waals surface area contributed by atoms with Gasteiger partial charge in [0.1, 0.15) is 11.4 Å². The minimum Gasteiger partial charge on any atom is -0.468 e. The van der Waals surface area contributed by atoms with Crippen molar-refractivity contribution in [2.75, 3.05) is 18.6 Å². The van der Waals surface area contributed by atoms with E-state index >= 15 is 0 Å². The van der Waals surface area contributed by atoms with Gasteiger partial charge in [-0.15, -0.1) is 0 Å². The van der Waals surface area contributed by atoms with Gasteiger partial charge in [-0.05, 0) is 47.9 Å². The highest BCUT2D eigenvalue weighted by molar-refractivity contribution is 6.31. The van der Waals surface area contributed by atoms with Crippen molar-refractivity contribution in [3.8, 4) is 0 Å². The number of halogens is 1. The molecule has 3 heterocycles. The van der Waals surface area contributed by atoms with Gasteiger partial charge in [0.2, 0.25) is 0 Å². The second-order valence-electron chi connectivity index (χ2n) is 7.32. The first-order valence-corrected chi connectivity index (χ1v) is 9.97. The third-order valence-electron chi connectivity index (χ3n) is 5.59. The SMILES string of the molecule is CCc1ccc2nc(N3Cc4[nH]c5ccc(Cl)cc5c4C(C(=O)OC)C3)oc2c1. The summed E-state index contributed by atoms with van der Waals surface area (Å²) in [6.45, 7) is 3.09. The molecular formula is C22H20ClN3O3. The van der Waals surface area contributed by atoms with Crippen LogP contribution in [0.4, 0.5) is 6.01 Å². The quantitative estimate of drug-likeness (QED) is 0.492. The average molecular weight is 410 g/mol. The third-order valence-corrected chi connectivity index (χ3v) is 5.82. The molecule has 2 aromatic heterocycles. The van der Waals surface area contributed by atoms with Crippen molar-refractivity contribution in [2.24, 2.45) is 0 Å². The number of anilines is 1. The number of nitrogens with zero attached hydrogens (tertiary/aromatic N) is 2. The maximum absolute atomic E-state index is 12.6. The van der Waals surface area contributed by atoms with E-state index in [0.29, 0.717) is 24.1 Å². The van der Waals surface area contributed by atoms with Crippen LogP contribution in [0.2, 0.25) is 5.02 Å². The lowest BCUT2D eigenvalue weighted by molar-refractivity contribution is -0.142. The zero-order valence-corrected chi connectivity index (χ0v) is 16.9. The van der Waals surface area contributed by atoms with Crippen LogP contribution in [-0.4, -0.2) is 29.6 Å². The second kappa shape index (κ2) is 6.81. The number of aromatic amines is 1. The first-order chi connectivity index (χ1) is 14.1. The van der Waals surface area contributed by atoms with Crippen LogP contribution in [0.5, 0.6) is 0 Å². The van der Waals surface area contributed by atoms with Crippen LogP contribution in [0.25, 0.3) is 22.0 Å². The van der Waals surface area contributed by atoms with Gasteiger partial charge in [0.25, 0.3) is 6.01 Å². The Morgan fingerprint density at radius 2 is 2.21 bits per heavy atom. The van der Waals surface area contributed by atoms with E-state index in [4.69, 9.17) is 20.8 Å². The fraction of sp³-hybridized carbons (Fsp3) is 0.273. The van der Waals surface area contributed by atoms with Gasteiger partial charge >= 0.3 is 5.97 Å². The van der Waals surface area contributed by atoms with Gasteiger partial charge in [0.15, 0.2) is 5.58 Å². The number of rotatable bonds is 3. The fourth-order valence-corrected chi connectivity index (χ4v) is 4.30. The molecule has 0 amide bonds. The van der Waals surface area contributed by atoms with Crippen molar-refractivity contribution >= 4 is 45.6 Å². The molecule has 1 aliphatic rings. The van der Waals surface area contributed by atoms with Crippen molar-refractivity contribution in [1.82, 2.24) is 9.97 Å². The Morgan fingerprint density at radius 1 is 1.34 bits per heavy atom. The van der Waals surface area contributed by atoms with Gasteiger partial charge in [0.05, 0.1) is 13.7 Å². The molecule has 0 bridgehead atoms. The van der Waals surface area contributed by atoms with Crippen LogP contribution in [0.15, 0.2) is 40.8 Å². The van der Waals surface area contributed by atoms with Crippen LogP contribution < -0.4 is 4.90 Å². The van der Waals surface area contributed by atoms with Crippen LogP contribution >= 0.6 is 11.6 Å². The summed E-state index contributed by atoms with van der Waals surface area (Å²) in [5.74, 6) is -0.751. The average Bonchev–Trinajstić information content (AvgIpc) is 3.32. The number of aryl methyl sites for hydroxylation is 1. The zero-order chi connectivity index (χ0) is 20.1. The predicted octanol–water partition coefficient (Wildman–Crippen LogP) is 4.80. The molecule has 0 radical (unpaired) electrons. The molecule has 0 spiro atoms. The summed E-state index contributed by atoms with van der Waals surface area (Å²) in [5, 5.41) is 1.59. The molecule has 1 atom stereocenters. The molecule has 6 nitrogen and oxygen atoms in total. The monoisotopic (exact) mass is 409 g/mol. The summed E-state index contributed by atoms with van der Waals surface area (Å²) in [4.78, 5) is 22.7. The molecule has 29 heavy (non-hydrogen) atoms. The van der Waals surface area contributed by atoms with Crippen molar-refractivity contribution < 1.29 is 13.9 Å². The normalized spacial score (nSPS) is 16.4. The predicted molar refractivity (Wildman–Crippen MR) is 113 cm³/mol. The second-order valence-corrected chi connectivity index (χ2v) is 7.75. The first-order valence-electron chi connectivity index (χ1n) is 9.59. The molecule has 1 aliphatic heterocycles. The first kappa shape index (κ1) is 18.1. The Balaban J connectivity index is 1.60. The maximum Gasteiger partial charge on any atom is 0.315 e. The van der Waals surface area contributed by atoms with Gasteiger partial charge < -0.3 is 19.0 Å². The minimum atomic E-state index is -0.461. The summed E-state index contributed by atoms with van der Waals surface area (Å²) in [7, 11) is 1.41. The number of benzene rings is 2. The number of carbonyl (C=O) groups excluding carboxylic acids is 1. The van der Waals surface area contributed by atoms with Gasteiger partial charge in [-0.2, -0.15) is 4.98 Å². The third kappa shape index (κ3) is 2.95. The van der Waals surface area contributed by atoms with E-state index < -0.39 is 5.92 Å². The summed E-state index contributed by atoms with van der Waals surface area (Å²) in [5.41, 5.74) is 5.58. The Labute approximate surface area is 172 Å². The largest absolute Gasteiger partial charge is 0.468 e. The van der Waals surface area contributed by atoms with Crippen LogP contribution in [0.1, 0.15) is 29.7 Å². The number of carbonyl (C=O) groups is 1. The Hall–Kier alpha value is -2.99. The summed E-state index contributed by atoms with van der Waals surface area (Å²) in [6, 6.07) is 12.2. The molecule has 0 saturated carbocycles. The van der Waals surface area contributed by atoms with Crippen LogP contribution in [-0.2, 0) is 22.5 Å². The van der Waals surface area contributed by atoms with E-state index in [2.05, 4.69) is 23.0 Å². The van der Waals surface area contributed by atoms with E-state index in [9.17, 15) is 4.79 Å². The lowest BCUT2D eigenvalue weighted by atomic mass is 9.92. The van der Waals surface area contributed by atoms with Gasteiger partial charge in [-0.3, -0.25) is 4.79 Å². The van der Waals surface area contributed by atoms with Gasteiger partial charge in [0, 0.05) is 28.2 Å². The van der Waals surface area contributed by atoms with Crippen LogP contribution in [0, 0.1) is 0 Å². The number of fused-ring (bicyclic) bond motifs is 4. The smallest absolute Gasteiger partial charge is 0.315 e. The molecule has 1 unspecified atom stereocenters. The number of ether oxygens (including phenoxy) is 1. The molecule has 148 valence electrons. The van der Waals surface area contributed by atoms with E-state index in [0.717, 1.165) is 39.7 Å². The Morgan fingerprint density at radius 3 is 3.00 bits per heavy atom. The Bertz CT molecular complexity index is 1240. The van der Waals surface area contributed by atoms with E-state index in [1.165, 1.54) is 12.7 Å². The highest BCUT2D eigenvalue weighted by Gasteiger charge is 2.36. The molecule has 0 saturated heterocycles. The van der Waals surface area contributed by atoms with E-state index in [1.54, 1.807) is 0 Å². The van der Waals surface area contributed by atoms with Crippen molar-refractivity contribution in [1.29, 1.82) is 0 Å². The lowest BCUT2D eigenvalue weighted by Gasteiger charge is -2.30. The van der Waals surface area contributed by atoms with Crippen molar-refractivity contribution in [3.05, 3.63) is 58.2 Å². The van der Waals surface area contributed by atoms with E-state index in [1.807, 2.05) is 35.2 Å². The minimum absolute atomic E-state index is 0.291. The maximum atomic E-state index is 12.6.